The summed E-state index contributed by atoms with van der Waals surface area (Å²) in [5.41, 5.74) is 6.06. The van der Waals surface area contributed by atoms with E-state index in [1.807, 2.05) is 37.3 Å². The van der Waals surface area contributed by atoms with E-state index in [0.29, 0.717) is 12.5 Å². The number of hydrogen-bond donors (Lipinski definition) is 2. The van der Waals surface area contributed by atoms with E-state index in [1.165, 1.54) is 25.7 Å². The van der Waals surface area contributed by atoms with E-state index in [-0.39, 0.29) is 24.4 Å². The smallest absolute Gasteiger partial charge is 0.244 e. The van der Waals surface area contributed by atoms with E-state index >= 15 is 0 Å². The van der Waals surface area contributed by atoms with Gasteiger partial charge < -0.3 is 15.8 Å². The van der Waals surface area contributed by atoms with Crippen molar-refractivity contribution in [3.8, 4) is 0 Å². The Labute approximate surface area is 151 Å². The third-order valence-electron chi connectivity index (χ3n) is 4.87. The quantitative estimate of drug-likeness (QED) is 0.752. The second kappa shape index (κ2) is 10.0. The van der Waals surface area contributed by atoms with Crippen LogP contribution in [0.3, 0.4) is 0 Å². The van der Waals surface area contributed by atoms with Crippen LogP contribution in [0.15, 0.2) is 30.3 Å². The molecule has 1 aliphatic rings. The molecular weight excluding hydrogens is 324 g/mol. The van der Waals surface area contributed by atoms with Crippen molar-refractivity contribution in [2.75, 3.05) is 13.2 Å². The summed E-state index contributed by atoms with van der Waals surface area (Å²) >= 11 is 0. The zero-order valence-corrected chi connectivity index (χ0v) is 15.6. The Morgan fingerprint density at radius 3 is 2.54 bits per heavy atom. The summed E-state index contributed by atoms with van der Waals surface area (Å²) in [5, 5.41) is 2.99. The predicted molar refractivity (Wildman–Crippen MR) is 100 cm³/mol. The van der Waals surface area contributed by atoms with Crippen LogP contribution in [0, 0.1) is 5.92 Å². The van der Waals surface area contributed by atoms with Crippen molar-refractivity contribution >= 4 is 18.3 Å². The molecule has 0 heterocycles. The lowest BCUT2D eigenvalue weighted by Crippen LogP contribution is -2.49. The van der Waals surface area contributed by atoms with Crippen LogP contribution in [0.25, 0.3) is 0 Å². The van der Waals surface area contributed by atoms with Gasteiger partial charge in [0.05, 0.1) is 6.10 Å². The molecule has 0 spiro atoms. The van der Waals surface area contributed by atoms with Crippen molar-refractivity contribution in [3.63, 3.8) is 0 Å². The van der Waals surface area contributed by atoms with E-state index in [1.54, 1.807) is 6.92 Å². The average Bonchev–Trinajstić information content (AvgIpc) is 3.09. The van der Waals surface area contributed by atoms with Crippen LogP contribution >= 0.6 is 12.4 Å². The second-order valence-electron chi connectivity index (χ2n) is 6.65. The number of benzene rings is 1. The molecule has 1 fully saturated rings. The predicted octanol–water partition coefficient (Wildman–Crippen LogP) is 3.38. The molecule has 1 aromatic rings. The van der Waals surface area contributed by atoms with E-state index in [4.69, 9.17) is 10.5 Å². The minimum atomic E-state index is -1.00. The van der Waals surface area contributed by atoms with Gasteiger partial charge in [-0.05, 0) is 44.6 Å². The molecule has 0 aromatic heterocycles. The van der Waals surface area contributed by atoms with Crippen molar-refractivity contribution in [3.05, 3.63) is 35.9 Å². The zero-order chi connectivity index (χ0) is 16.7. The second-order valence-corrected chi connectivity index (χ2v) is 6.65. The van der Waals surface area contributed by atoms with Crippen LogP contribution < -0.4 is 11.1 Å². The SMILES string of the molecule is CCOC(CCNC(=O)C(C)(N)c1ccccc1)C1CCCC1.Cl. The first-order chi connectivity index (χ1) is 11.1. The molecule has 0 bridgehead atoms. The Morgan fingerprint density at radius 2 is 1.96 bits per heavy atom. The molecule has 3 N–H and O–H groups in total. The average molecular weight is 355 g/mol. The van der Waals surface area contributed by atoms with Crippen molar-refractivity contribution < 1.29 is 9.53 Å². The molecule has 1 aliphatic carbocycles. The van der Waals surface area contributed by atoms with Gasteiger partial charge in [0.15, 0.2) is 0 Å². The molecule has 2 rings (SSSR count). The van der Waals surface area contributed by atoms with Crippen LogP contribution in [0.2, 0.25) is 0 Å². The summed E-state index contributed by atoms with van der Waals surface area (Å²) in [4.78, 5) is 12.4. The number of carbonyl (C=O) groups excluding carboxylic acids is 1. The first-order valence-electron chi connectivity index (χ1n) is 8.80. The number of nitrogens with two attached hydrogens (primary N) is 1. The summed E-state index contributed by atoms with van der Waals surface area (Å²) in [6.07, 6.45) is 6.21. The maximum absolute atomic E-state index is 12.4. The van der Waals surface area contributed by atoms with Crippen molar-refractivity contribution in [2.45, 2.75) is 57.6 Å². The first-order valence-corrected chi connectivity index (χ1v) is 8.80. The van der Waals surface area contributed by atoms with Gasteiger partial charge in [0.1, 0.15) is 5.54 Å². The highest BCUT2D eigenvalue weighted by atomic mass is 35.5. The summed E-state index contributed by atoms with van der Waals surface area (Å²) < 4.78 is 5.90. The Kier molecular flexibility index (Phi) is 8.74. The number of ether oxygens (including phenoxy) is 1. The lowest BCUT2D eigenvalue weighted by molar-refractivity contribution is -0.126. The molecule has 136 valence electrons. The summed E-state index contributed by atoms with van der Waals surface area (Å²) in [7, 11) is 0. The fraction of sp³-hybridized carbons (Fsp3) is 0.632. The Hall–Kier alpha value is -1.10. The molecule has 5 heteroatoms. The van der Waals surface area contributed by atoms with Gasteiger partial charge in [-0.2, -0.15) is 0 Å². The van der Waals surface area contributed by atoms with Crippen LogP contribution in [-0.4, -0.2) is 25.2 Å². The fourth-order valence-corrected chi connectivity index (χ4v) is 3.43. The lowest BCUT2D eigenvalue weighted by Gasteiger charge is -2.26. The molecule has 2 unspecified atom stereocenters. The van der Waals surface area contributed by atoms with E-state index in [0.717, 1.165) is 18.6 Å². The third kappa shape index (κ3) is 5.47. The van der Waals surface area contributed by atoms with Gasteiger partial charge in [0.25, 0.3) is 0 Å². The van der Waals surface area contributed by atoms with Crippen molar-refractivity contribution in [1.82, 2.24) is 5.32 Å². The normalized spacial score (nSPS) is 18.5. The van der Waals surface area contributed by atoms with Crippen molar-refractivity contribution in [2.24, 2.45) is 11.7 Å². The van der Waals surface area contributed by atoms with Gasteiger partial charge in [-0.25, -0.2) is 0 Å². The van der Waals surface area contributed by atoms with Crippen LogP contribution in [0.5, 0.6) is 0 Å². The van der Waals surface area contributed by atoms with Crippen LogP contribution in [-0.2, 0) is 15.1 Å². The molecule has 4 nitrogen and oxygen atoms in total. The minimum absolute atomic E-state index is 0. The molecular formula is C19H31ClN2O2. The molecule has 2 atom stereocenters. The van der Waals surface area contributed by atoms with E-state index in [2.05, 4.69) is 5.32 Å². The van der Waals surface area contributed by atoms with Gasteiger partial charge in [-0.3, -0.25) is 4.79 Å². The summed E-state index contributed by atoms with van der Waals surface area (Å²) in [6.45, 7) is 5.13. The van der Waals surface area contributed by atoms with Gasteiger partial charge in [0, 0.05) is 13.2 Å². The number of amides is 1. The Morgan fingerprint density at radius 1 is 1.33 bits per heavy atom. The fourth-order valence-electron chi connectivity index (χ4n) is 3.43. The lowest BCUT2D eigenvalue weighted by atomic mass is 9.92. The molecule has 1 aromatic carbocycles. The Balaban J connectivity index is 0.00000288. The monoisotopic (exact) mass is 354 g/mol. The maximum Gasteiger partial charge on any atom is 0.244 e. The van der Waals surface area contributed by atoms with Crippen LogP contribution in [0.4, 0.5) is 0 Å². The van der Waals surface area contributed by atoms with Gasteiger partial charge in [-0.15, -0.1) is 12.4 Å². The van der Waals surface area contributed by atoms with Gasteiger partial charge in [0.2, 0.25) is 5.91 Å². The van der Waals surface area contributed by atoms with E-state index < -0.39 is 5.54 Å². The molecule has 1 amide bonds. The molecule has 24 heavy (non-hydrogen) atoms. The highest BCUT2D eigenvalue weighted by Gasteiger charge is 2.31. The third-order valence-corrected chi connectivity index (χ3v) is 4.87. The van der Waals surface area contributed by atoms with Gasteiger partial charge >= 0.3 is 0 Å². The highest BCUT2D eigenvalue weighted by Crippen LogP contribution is 2.30. The summed E-state index contributed by atoms with van der Waals surface area (Å²) in [6, 6.07) is 9.51. The molecule has 1 saturated carbocycles. The topological polar surface area (TPSA) is 64.3 Å². The first kappa shape index (κ1) is 20.9. The standard InChI is InChI=1S/C19H30N2O2.ClH/c1-3-23-17(15-9-7-8-10-15)13-14-21-18(22)19(2,20)16-11-5-4-6-12-16;/h4-6,11-12,15,17H,3,7-10,13-14,20H2,1-2H3,(H,21,22);1H. The summed E-state index contributed by atoms with van der Waals surface area (Å²) in [5.74, 6) is 0.510. The number of rotatable bonds is 8. The largest absolute Gasteiger partial charge is 0.378 e. The highest BCUT2D eigenvalue weighted by molar-refractivity contribution is 5.86. The number of halogens is 1. The van der Waals surface area contributed by atoms with Crippen molar-refractivity contribution in [1.29, 1.82) is 0 Å². The molecule has 0 saturated heterocycles. The molecule has 0 radical (unpaired) electrons. The maximum atomic E-state index is 12.4. The number of hydrogen-bond acceptors (Lipinski definition) is 3. The van der Waals surface area contributed by atoms with Gasteiger partial charge in [-0.1, -0.05) is 43.2 Å². The van der Waals surface area contributed by atoms with Crippen LogP contribution in [0.1, 0.15) is 51.5 Å². The number of nitrogens with one attached hydrogen (secondary N) is 1. The molecule has 0 aliphatic heterocycles. The number of carbonyl (C=O) groups is 1. The minimum Gasteiger partial charge on any atom is -0.378 e. The Bertz CT molecular complexity index is 487. The zero-order valence-electron chi connectivity index (χ0n) is 14.8. The van der Waals surface area contributed by atoms with E-state index in [9.17, 15) is 4.79 Å².